The first-order valence-corrected chi connectivity index (χ1v) is 7.18. The minimum Gasteiger partial charge on any atom is -0.343 e. The molecule has 1 aromatic carbocycles. The first kappa shape index (κ1) is 15.6. The summed E-state index contributed by atoms with van der Waals surface area (Å²) >= 11 is 0. The Balaban J connectivity index is 2.21. The molecular weight excluding hydrogens is 276 g/mol. The standard InChI is InChI=1S/C18H18N2O2/c1-2-16(13-21)20-18(22)17-6-4-3-5-15(17)8-7-14-9-11-19-12-10-14/h3-13,16H,2H2,1H3,(H,20,22). The molecule has 1 N–H and O–H groups in total. The van der Waals surface area contributed by atoms with E-state index in [4.69, 9.17) is 0 Å². The molecule has 0 radical (unpaired) electrons. The Morgan fingerprint density at radius 3 is 2.59 bits per heavy atom. The van der Waals surface area contributed by atoms with E-state index in [1.807, 2.05) is 43.3 Å². The molecule has 1 aromatic heterocycles. The van der Waals surface area contributed by atoms with Crippen molar-refractivity contribution in [3.63, 3.8) is 0 Å². The van der Waals surface area contributed by atoms with Crippen molar-refractivity contribution in [2.45, 2.75) is 19.4 Å². The van der Waals surface area contributed by atoms with Crippen LogP contribution in [0.25, 0.3) is 12.2 Å². The summed E-state index contributed by atoms with van der Waals surface area (Å²) in [5.74, 6) is -0.242. The monoisotopic (exact) mass is 294 g/mol. The molecule has 4 heteroatoms. The van der Waals surface area contributed by atoms with Crippen LogP contribution in [0, 0.1) is 0 Å². The minimum absolute atomic E-state index is 0.242. The van der Waals surface area contributed by atoms with Crippen LogP contribution in [-0.4, -0.2) is 23.2 Å². The molecule has 1 amide bonds. The lowest BCUT2D eigenvalue weighted by molar-refractivity contribution is -0.109. The minimum atomic E-state index is -0.454. The van der Waals surface area contributed by atoms with Crippen LogP contribution in [-0.2, 0) is 4.79 Å². The molecule has 0 bridgehead atoms. The molecule has 1 atom stereocenters. The fourth-order valence-electron chi connectivity index (χ4n) is 1.99. The van der Waals surface area contributed by atoms with E-state index in [0.717, 1.165) is 17.4 Å². The highest BCUT2D eigenvalue weighted by molar-refractivity contribution is 5.99. The predicted octanol–water partition coefficient (Wildman–Crippen LogP) is 2.96. The summed E-state index contributed by atoms with van der Waals surface area (Å²) in [7, 11) is 0. The molecule has 0 saturated heterocycles. The molecule has 2 rings (SSSR count). The van der Waals surface area contributed by atoms with Gasteiger partial charge >= 0.3 is 0 Å². The third kappa shape index (κ3) is 4.12. The molecule has 1 heterocycles. The van der Waals surface area contributed by atoms with Gasteiger partial charge in [-0.1, -0.05) is 37.3 Å². The number of carbonyl (C=O) groups excluding carboxylic acids is 2. The van der Waals surface area contributed by atoms with Crippen molar-refractivity contribution in [3.05, 3.63) is 65.5 Å². The molecule has 0 spiro atoms. The Hall–Kier alpha value is -2.75. The summed E-state index contributed by atoms with van der Waals surface area (Å²) in [6.45, 7) is 1.86. The number of aromatic nitrogens is 1. The van der Waals surface area contributed by atoms with Crippen LogP contribution in [0.5, 0.6) is 0 Å². The van der Waals surface area contributed by atoms with Gasteiger partial charge in [-0.3, -0.25) is 9.78 Å². The smallest absolute Gasteiger partial charge is 0.252 e. The van der Waals surface area contributed by atoms with Gasteiger partial charge in [0, 0.05) is 18.0 Å². The summed E-state index contributed by atoms with van der Waals surface area (Å²) in [6.07, 6.45) is 8.57. The van der Waals surface area contributed by atoms with E-state index in [1.165, 1.54) is 0 Å². The second kappa shape index (κ2) is 7.88. The van der Waals surface area contributed by atoms with Crippen LogP contribution in [0.2, 0.25) is 0 Å². The van der Waals surface area contributed by atoms with Gasteiger partial charge < -0.3 is 10.1 Å². The van der Waals surface area contributed by atoms with Crippen LogP contribution in [0.4, 0.5) is 0 Å². The second-order valence-electron chi connectivity index (χ2n) is 4.83. The number of hydrogen-bond acceptors (Lipinski definition) is 3. The lowest BCUT2D eigenvalue weighted by Crippen LogP contribution is -2.35. The van der Waals surface area contributed by atoms with E-state index < -0.39 is 6.04 Å². The molecule has 2 aromatic rings. The van der Waals surface area contributed by atoms with Crippen molar-refractivity contribution in [1.29, 1.82) is 0 Å². The third-order valence-corrected chi connectivity index (χ3v) is 3.29. The summed E-state index contributed by atoms with van der Waals surface area (Å²) in [4.78, 5) is 27.1. The highest BCUT2D eigenvalue weighted by Gasteiger charge is 2.13. The van der Waals surface area contributed by atoms with Crippen molar-refractivity contribution < 1.29 is 9.59 Å². The average Bonchev–Trinajstić information content (AvgIpc) is 2.58. The lowest BCUT2D eigenvalue weighted by atomic mass is 10.0. The van der Waals surface area contributed by atoms with Gasteiger partial charge in [-0.05, 0) is 35.7 Å². The molecule has 0 saturated carbocycles. The highest BCUT2D eigenvalue weighted by atomic mass is 16.2. The zero-order chi connectivity index (χ0) is 15.8. The van der Waals surface area contributed by atoms with Crippen molar-refractivity contribution in [1.82, 2.24) is 10.3 Å². The van der Waals surface area contributed by atoms with Crippen molar-refractivity contribution in [3.8, 4) is 0 Å². The summed E-state index contributed by atoms with van der Waals surface area (Å²) in [6, 6.07) is 10.6. The predicted molar refractivity (Wildman–Crippen MR) is 87.2 cm³/mol. The molecule has 112 valence electrons. The topological polar surface area (TPSA) is 59.1 Å². The Kier molecular flexibility index (Phi) is 5.60. The van der Waals surface area contributed by atoms with Crippen LogP contribution < -0.4 is 5.32 Å². The molecule has 0 fully saturated rings. The molecular formula is C18H18N2O2. The summed E-state index contributed by atoms with van der Waals surface area (Å²) in [5.41, 5.74) is 2.36. The molecule has 1 unspecified atom stereocenters. The first-order valence-electron chi connectivity index (χ1n) is 7.18. The Morgan fingerprint density at radius 2 is 1.91 bits per heavy atom. The number of nitrogens with one attached hydrogen (secondary N) is 1. The Morgan fingerprint density at radius 1 is 1.18 bits per heavy atom. The van der Waals surface area contributed by atoms with Gasteiger partial charge in [0.15, 0.2) is 0 Å². The van der Waals surface area contributed by atoms with Gasteiger partial charge in [-0.2, -0.15) is 0 Å². The molecule has 0 aliphatic rings. The van der Waals surface area contributed by atoms with Crippen LogP contribution in [0.15, 0.2) is 48.8 Å². The van der Waals surface area contributed by atoms with E-state index in [-0.39, 0.29) is 5.91 Å². The van der Waals surface area contributed by atoms with Gasteiger partial charge in [0.25, 0.3) is 5.91 Å². The van der Waals surface area contributed by atoms with Crippen molar-refractivity contribution in [2.75, 3.05) is 0 Å². The van der Waals surface area contributed by atoms with Crippen molar-refractivity contribution >= 4 is 24.3 Å². The van der Waals surface area contributed by atoms with Gasteiger partial charge in [0.1, 0.15) is 6.29 Å². The van der Waals surface area contributed by atoms with Gasteiger partial charge in [-0.15, -0.1) is 0 Å². The molecule has 22 heavy (non-hydrogen) atoms. The fraction of sp³-hybridized carbons (Fsp3) is 0.167. The van der Waals surface area contributed by atoms with Gasteiger partial charge in [0.2, 0.25) is 0 Å². The highest BCUT2D eigenvalue weighted by Crippen LogP contribution is 2.13. The fourth-order valence-corrected chi connectivity index (χ4v) is 1.99. The van der Waals surface area contributed by atoms with E-state index in [2.05, 4.69) is 10.3 Å². The second-order valence-corrected chi connectivity index (χ2v) is 4.83. The molecule has 0 aliphatic carbocycles. The number of aldehydes is 1. The maximum atomic E-state index is 12.3. The Bertz CT molecular complexity index is 666. The maximum absolute atomic E-state index is 12.3. The zero-order valence-corrected chi connectivity index (χ0v) is 12.4. The zero-order valence-electron chi connectivity index (χ0n) is 12.4. The number of hydrogen-bond donors (Lipinski definition) is 1. The molecule has 0 aliphatic heterocycles. The molecule has 4 nitrogen and oxygen atoms in total. The quantitative estimate of drug-likeness (QED) is 0.833. The lowest BCUT2D eigenvalue weighted by Gasteiger charge is -2.11. The number of rotatable bonds is 6. The number of amides is 1. The van der Waals surface area contributed by atoms with E-state index in [0.29, 0.717) is 12.0 Å². The summed E-state index contributed by atoms with van der Waals surface area (Å²) < 4.78 is 0. The number of pyridine rings is 1. The van der Waals surface area contributed by atoms with Crippen molar-refractivity contribution in [2.24, 2.45) is 0 Å². The van der Waals surface area contributed by atoms with Crippen LogP contribution in [0.1, 0.15) is 34.8 Å². The van der Waals surface area contributed by atoms with Gasteiger partial charge in [0.05, 0.1) is 6.04 Å². The number of benzene rings is 1. The largest absolute Gasteiger partial charge is 0.343 e. The third-order valence-electron chi connectivity index (χ3n) is 3.29. The van der Waals surface area contributed by atoms with E-state index in [1.54, 1.807) is 24.5 Å². The van der Waals surface area contributed by atoms with Crippen LogP contribution in [0.3, 0.4) is 0 Å². The van der Waals surface area contributed by atoms with E-state index in [9.17, 15) is 9.59 Å². The Labute approximate surface area is 129 Å². The first-order chi connectivity index (χ1) is 10.7. The van der Waals surface area contributed by atoms with Crippen LogP contribution >= 0.6 is 0 Å². The number of carbonyl (C=O) groups is 2. The maximum Gasteiger partial charge on any atom is 0.252 e. The van der Waals surface area contributed by atoms with Gasteiger partial charge in [-0.25, -0.2) is 0 Å². The van der Waals surface area contributed by atoms with E-state index >= 15 is 0 Å². The summed E-state index contributed by atoms with van der Waals surface area (Å²) in [5, 5.41) is 2.72. The SMILES string of the molecule is CCC(C=O)NC(=O)c1ccccc1C=Cc1ccncc1. The normalized spacial score (nSPS) is 12.0. The number of nitrogens with zero attached hydrogens (tertiary/aromatic N) is 1. The average molecular weight is 294 g/mol.